The molecule has 0 aliphatic carbocycles. The van der Waals surface area contributed by atoms with Crippen LogP contribution in [-0.2, 0) is 4.79 Å². The predicted octanol–water partition coefficient (Wildman–Crippen LogP) is 4.92. The van der Waals surface area contributed by atoms with E-state index in [9.17, 15) is 13.6 Å². The number of benzene rings is 2. The maximum Gasteiger partial charge on any atom is 0.248 e. The Bertz CT molecular complexity index is 697. The molecule has 21 heavy (non-hydrogen) atoms. The number of carbonyl (C=O) groups excluding carboxylic acids is 1. The van der Waals surface area contributed by atoms with E-state index >= 15 is 0 Å². The van der Waals surface area contributed by atoms with Gasteiger partial charge in [0.2, 0.25) is 5.91 Å². The molecule has 0 fully saturated rings. The van der Waals surface area contributed by atoms with Crippen molar-refractivity contribution >= 4 is 40.9 Å². The van der Waals surface area contributed by atoms with Gasteiger partial charge in [0.1, 0.15) is 0 Å². The molecule has 0 spiro atoms. The van der Waals surface area contributed by atoms with Crippen LogP contribution in [0.1, 0.15) is 5.56 Å². The van der Waals surface area contributed by atoms with E-state index in [1.807, 2.05) is 0 Å². The second kappa shape index (κ2) is 6.70. The molecule has 6 heteroatoms. The van der Waals surface area contributed by atoms with Crippen LogP contribution < -0.4 is 5.32 Å². The fraction of sp³-hybridized carbons (Fsp3) is 0. The van der Waals surface area contributed by atoms with E-state index in [2.05, 4.69) is 5.32 Å². The Hall–Kier alpha value is -1.91. The summed E-state index contributed by atoms with van der Waals surface area (Å²) in [5, 5.41) is 3.34. The van der Waals surface area contributed by atoms with Crippen LogP contribution in [0, 0.1) is 11.6 Å². The highest BCUT2D eigenvalue weighted by molar-refractivity contribution is 6.35. The molecule has 0 saturated carbocycles. The van der Waals surface area contributed by atoms with E-state index in [1.165, 1.54) is 36.4 Å². The van der Waals surface area contributed by atoms with Gasteiger partial charge in [-0.25, -0.2) is 8.78 Å². The van der Waals surface area contributed by atoms with Gasteiger partial charge in [-0.1, -0.05) is 29.3 Å². The first-order chi connectivity index (χ1) is 9.94. The monoisotopic (exact) mass is 327 g/mol. The lowest BCUT2D eigenvalue weighted by Gasteiger charge is -2.03. The zero-order valence-electron chi connectivity index (χ0n) is 10.5. The predicted molar refractivity (Wildman–Crippen MR) is 80.5 cm³/mol. The third-order valence-corrected chi connectivity index (χ3v) is 2.94. The summed E-state index contributed by atoms with van der Waals surface area (Å²) in [6, 6.07) is 7.96. The standard InChI is InChI=1S/C15H9Cl2F2NO/c16-10-6-11(17)8-12(7-10)20-15(21)4-2-9-1-3-13(18)14(19)5-9/h1-8H,(H,20,21). The van der Waals surface area contributed by atoms with Gasteiger partial charge >= 0.3 is 0 Å². The lowest BCUT2D eigenvalue weighted by molar-refractivity contribution is -0.111. The summed E-state index contributed by atoms with van der Waals surface area (Å²) >= 11 is 11.6. The summed E-state index contributed by atoms with van der Waals surface area (Å²) in [6.45, 7) is 0. The molecular weight excluding hydrogens is 319 g/mol. The van der Waals surface area contributed by atoms with E-state index in [4.69, 9.17) is 23.2 Å². The van der Waals surface area contributed by atoms with E-state index < -0.39 is 17.5 Å². The van der Waals surface area contributed by atoms with E-state index in [1.54, 1.807) is 0 Å². The average molecular weight is 328 g/mol. The Morgan fingerprint density at radius 1 is 1.00 bits per heavy atom. The fourth-order valence-electron chi connectivity index (χ4n) is 1.60. The average Bonchev–Trinajstić information content (AvgIpc) is 2.39. The highest BCUT2D eigenvalue weighted by Crippen LogP contribution is 2.22. The highest BCUT2D eigenvalue weighted by atomic mass is 35.5. The molecule has 0 aromatic heterocycles. The van der Waals surface area contributed by atoms with Crippen LogP contribution in [0.3, 0.4) is 0 Å². The molecule has 108 valence electrons. The van der Waals surface area contributed by atoms with Gasteiger partial charge < -0.3 is 5.32 Å². The third kappa shape index (κ3) is 4.55. The van der Waals surface area contributed by atoms with Gasteiger partial charge in [0.05, 0.1) is 0 Å². The molecule has 0 bridgehead atoms. The Morgan fingerprint density at radius 3 is 2.29 bits per heavy atom. The highest BCUT2D eigenvalue weighted by Gasteiger charge is 2.03. The molecular formula is C15H9Cl2F2NO. The molecule has 0 heterocycles. The van der Waals surface area contributed by atoms with Crippen LogP contribution in [0.4, 0.5) is 14.5 Å². The summed E-state index contributed by atoms with van der Waals surface area (Å²) in [5.41, 5.74) is 0.806. The smallest absolute Gasteiger partial charge is 0.248 e. The number of anilines is 1. The first-order valence-electron chi connectivity index (χ1n) is 5.84. The number of hydrogen-bond acceptors (Lipinski definition) is 1. The lowest BCUT2D eigenvalue weighted by atomic mass is 10.2. The van der Waals surface area contributed by atoms with Crippen molar-refractivity contribution in [1.82, 2.24) is 0 Å². The molecule has 0 unspecified atom stereocenters. The quantitative estimate of drug-likeness (QED) is 0.796. The molecule has 2 rings (SSSR count). The minimum atomic E-state index is -0.973. The number of carbonyl (C=O) groups is 1. The molecule has 2 aromatic carbocycles. The lowest BCUT2D eigenvalue weighted by Crippen LogP contribution is -2.07. The topological polar surface area (TPSA) is 29.1 Å². The zero-order valence-corrected chi connectivity index (χ0v) is 12.1. The molecule has 0 aliphatic heterocycles. The SMILES string of the molecule is O=C(C=Cc1ccc(F)c(F)c1)Nc1cc(Cl)cc(Cl)c1. The van der Waals surface area contributed by atoms with Crippen molar-refractivity contribution in [1.29, 1.82) is 0 Å². The third-order valence-electron chi connectivity index (χ3n) is 2.50. The van der Waals surface area contributed by atoms with Crippen molar-refractivity contribution in [3.05, 3.63) is 69.7 Å². The summed E-state index contributed by atoms with van der Waals surface area (Å²) in [4.78, 5) is 11.7. The van der Waals surface area contributed by atoms with Gasteiger partial charge in [-0.2, -0.15) is 0 Å². The van der Waals surface area contributed by atoms with Gasteiger partial charge in [0.15, 0.2) is 11.6 Å². The van der Waals surface area contributed by atoms with Crippen molar-refractivity contribution in [3.8, 4) is 0 Å². The molecule has 0 atom stereocenters. The van der Waals surface area contributed by atoms with Crippen LogP contribution in [-0.4, -0.2) is 5.91 Å². The number of hydrogen-bond donors (Lipinski definition) is 1. The van der Waals surface area contributed by atoms with Crippen molar-refractivity contribution in [2.45, 2.75) is 0 Å². The van der Waals surface area contributed by atoms with Gasteiger partial charge in [0.25, 0.3) is 0 Å². The number of amides is 1. The van der Waals surface area contributed by atoms with Crippen LogP contribution in [0.15, 0.2) is 42.5 Å². The maximum atomic E-state index is 13.0. The summed E-state index contributed by atoms with van der Waals surface area (Å²) in [7, 11) is 0. The summed E-state index contributed by atoms with van der Waals surface area (Å²) in [6.07, 6.45) is 2.56. The first-order valence-corrected chi connectivity index (χ1v) is 6.60. The molecule has 0 aliphatic rings. The number of halogens is 4. The molecule has 1 amide bonds. The van der Waals surface area contributed by atoms with Crippen LogP contribution in [0.2, 0.25) is 10.0 Å². The number of rotatable bonds is 3. The minimum Gasteiger partial charge on any atom is -0.322 e. The second-order valence-corrected chi connectivity index (χ2v) is 5.03. The molecule has 2 nitrogen and oxygen atoms in total. The van der Waals surface area contributed by atoms with Gasteiger partial charge in [0, 0.05) is 21.8 Å². The Kier molecular flexibility index (Phi) is 4.94. The van der Waals surface area contributed by atoms with Gasteiger partial charge in [-0.3, -0.25) is 4.79 Å². The van der Waals surface area contributed by atoms with Crippen LogP contribution in [0.5, 0.6) is 0 Å². The van der Waals surface area contributed by atoms with Gasteiger partial charge in [-0.15, -0.1) is 0 Å². The largest absolute Gasteiger partial charge is 0.322 e. The van der Waals surface area contributed by atoms with Crippen molar-refractivity contribution in [3.63, 3.8) is 0 Å². The zero-order chi connectivity index (χ0) is 15.4. The summed E-state index contributed by atoms with van der Waals surface area (Å²) in [5.74, 6) is -2.36. The minimum absolute atomic E-state index is 0.369. The fourth-order valence-corrected chi connectivity index (χ4v) is 2.12. The van der Waals surface area contributed by atoms with E-state index in [-0.39, 0.29) is 0 Å². The van der Waals surface area contributed by atoms with Crippen molar-refractivity contribution in [2.75, 3.05) is 5.32 Å². The molecule has 1 N–H and O–H groups in total. The van der Waals surface area contributed by atoms with Crippen molar-refractivity contribution in [2.24, 2.45) is 0 Å². The Balaban J connectivity index is 2.07. The van der Waals surface area contributed by atoms with Crippen LogP contribution >= 0.6 is 23.2 Å². The number of nitrogens with one attached hydrogen (secondary N) is 1. The van der Waals surface area contributed by atoms with Crippen molar-refractivity contribution < 1.29 is 13.6 Å². The maximum absolute atomic E-state index is 13.0. The van der Waals surface area contributed by atoms with Crippen LogP contribution in [0.25, 0.3) is 6.08 Å². The van der Waals surface area contributed by atoms with E-state index in [0.717, 1.165) is 12.1 Å². The van der Waals surface area contributed by atoms with E-state index in [0.29, 0.717) is 21.3 Å². The molecule has 0 radical (unpaired) electrons. The first kappa shape index (κ1) is 15.5. The molecule has 0 saturated heterocycles. The Morgan fingerprint density at radius 2 is 1.67 bits per heavy atom. The molecule has 2 aromatic rings. The Labute approximate surface area is 130 Å². The van der Waals surface area contributed by atoms with Gasteiger partial charge in [-0.05, 0) is 42.0 Å². The summed E-state index contributed by atoms with van der Waals surface area (Å²) < 4.78 is 25.8. The normalized spacial score (nSPS) is 10.9. The second-order valence-electron chi connectivity index (χ2n) is 4.15.